The van der Waals surface area contributed by atoms with Gasteiger partial charge < -0.3 is 10.1 Å². The first kappa shape index (κ1) is 12.2. The Kier molecular flexibility index (Phi) is 3.68. The molecule has 1 fully saturated rings. The van der Waals surface area contributed by atoms with Crippen LogP contribution in [0.1, 0.15) is 19.3 Å². The lowest BCUT2D eigenvalue weighted by Crippen LogP contribution is -2.12. The van der Waals surface area contributed by atoms with Crippen LogP contribution >= 0.6 is 22.9 Å². The number of thiazole rings is 1. The maximum Gasteiger partial charge on any atom is 0.183 e. The number of ether oxygens (including phenoxy) is 1. The van der Waals surface area contributed by atoms with E-state index in [2.05, 4.69) is 10.3 Å². The third-order valence-corrected chi connectivity index (χ3v) is 4.33. The van der Waals surface area contributed by atoms with Gasteiger partial charge in [0.2, 0.25) is 0 Å². The minimum absolute atomic E-state index is 0.432. The molecule has 3 rings (SSSR count). The second-order valence-corrected chi connectivity index (χ2v) is 5.95. The summed E-state index contributed by atoms with van der Waals surface area (Å²) in [4.78, 5) is 4.53. The molecule has 3 nitrogen and oxygen atoms in total. The number of anilines is 1. The van der Waals surface area contributed by atoms with Crippen molar-refractivity contribution in [2.45, 2.75) is 25.4 Å². The summed E-state index contributed by atoms with van der Waals surface area (Å²) in [6, 6.07) is 5.79. The van der Waals surface area contributed by atoms with Gasteiger partial charge in [-0.1, -0.05) is 22.9 Å². The Balaban J connectivity index is 1.60. The Labute approximate surface area is 115 Å². The molecule has 1 N–H and O–H groups in total. The summed E-state index contributed by atoms with van der Waals surface area (Å²) in [5.74, 6) is 0. The summed E-state index contributed by atoms with van der Waals surface area (Å²) < 4.78 is 6.72. The van der Waals surface area contributed by atoms with Crippen LogP contribution in [0.5, 0.6) is 0 Å². The minimum Gasteiger partial charge on any atom is -0.378 e. The summed E-state index contributed by atoms with van der Waals surface area (Å²) >= 11 is 7.61. The van der Waals surface area contributed by atoms with Crippen molar-refractivity contribution < 1.29 is 4.74 Å². The van der Waals surface area contributed by atoms with Gasteiger partial charge in [0.15, 0.2) is 5.13 Å². The van der Waals surface area contributed by atoms with Gasteiger partial charge in [-0.15, -0.1) is 0 Å². The summed E-state index contributed by atoms with van der Waals surface area (Å²) in [5.41, 5.74) is 1.00. The summed E-state index contributed by atoms with van der Waals surface area (Å²) in [7, 11) is 0. The largest absolute Gasteiger partial charge is 0.378 e. The van der Waals surface area contributed by atoms with Crippen molar-refractivity contribution in [1.29, 1.82) is 0 Å². The number of nitrogens with zero attached hydrogens (tertiary/aromatic N) is 1. The smallest absolute Gasteiger partial charge is 0.183 e. The molecule has 0 saturated carbocycles. The van der Waals surface area contributed by atoms with Crippen molar-refractivity contribution >= 4 is 38.3 Å². The van der Waals surface area contributed by atoms with Gasteiger partial charge in [0, 0.05) is 18.2 Å². The van der Waals surface area contributed by atoms with E-state index >= 15 is 0 Å². The molecule has 5 heteroatoms. The highest BCUT2D eigenvalue weighted by Gasteiger charge is 2.14. The van der Waals surface area contributed by atoms with Crippen LogP contribution in [0.15, 0.2) is 18.2 Å². The first-order valence-electron chi connectivity index (χ1n) is 6.23. The van der Waals surface area contributed by atoms with E-state index in [9.17, 15) is 0 Å². The van der Waals surface area contributed by atoms with Crippen LogP contribution in [0.25, 0.3) is 10.2 Å². The predicted octanol–water partition coefficient (Wildman–Crippen LogP) is 3.93. The van der Waals surface area contributed by atoms with E-state index in [0.29, 0.717) is 6.10 Å². The Morgan fingerprint density at radius 2 is 2.44 bits per heavy atom. The Bertz CT molecular complexity index is 537. The molecule has 0 spiro atoms. The molecule has 1 aromatic heterocycles. The van der Waals surface area contributed by atoms with Crippen LogP contribution < -0.4 is 5.32 Å². The van der Waals surface area contributed by atoms with Crippen LogP contribution in [0.2, 0.25) is 5.02 Å². The number of nitrogens with one attached hydrogen (secondary N) is 1. The number of hydrogen-bond donors (Lipinski definition) is 1. The standard InChI is InChI=1S/C13H15ClN2OS/c14-9-3-4-11-12(8-9)18-13(16-11)15-6-5-10-2-1-7-17-10/h3-4,8,10H,1-2,5-7H2,(H,15,16). The Morgan fingerprint density at radius 1 is 1.50 bits per heavy atom. The van der Waals surface area contributed by atoms with Crippen molar-refractivity contribution in [3.05, 3.63) is 23.2 Å². The summed E-state index contributed by atoms with van der Waals surface area (Å²) in [6.07, 6.45) is 3.87. The average Bonchev–Trinajstić information content (AvgIpc) is 2.97. The van der Waals surface area contributed by atoms with Gasteiger partial charge in [-0.3, -0.25) is 0 Å². The van der Waals surface area contributed by atoms with Gasteiger partial charge in [0.05, 0.1) is 16.3 Å². The predicted molar refractivity (Wildman–Crippen MR) is 76.7 cm³/mol. The lowest BCUT2D eigenvalue weighted by molar-refractivity contribution is 0.107. The quantitative estimate of drug-likeness (QED) is 0.922. The molecule has 0 bridgehead atoms. The van der Waals surface area contributed by atoms with Gasteiger partial charge in [-0.05, 0) is 37.5 Å². The molecule has 96 valence electrons. The highest BCUT2D eigenvalue weighted by atomic mass is 35.5. The molecular formula is C13H15ClN2OS. The summed E-state index contributed by atoms with van der Waals surface area (Å²) in [5, 5.41) is 5.09. The van der Waals surface area contributed by atoms with Crippen LogP contribution in [-0.4, -0.2) is 24.2 Å². The van der Waals surface area contributed by atoms with E-state index in [1.54, 1.807) is 11.3 Å². The van der Waals surface area contributed by atoms with Crippen molar-refractivity contribution in [3.63, 3.8) is 0 Å². The van der Waals surface area contributed by atoms with E-state index in [1.807, 2.05) is 18.2 Å². The van der Waals surface area contributed by atoms with E-state index in [1.165, 1.54) is 12.8 Å². The zero-order valence-corrected chi connectivity index (χ0v) is 11.6. The molecule has 1 aromatic carbocycles. The number of aromatic nitrogens is 1. The second-order valence-electron chi connectivity index (χ2n) is 4.48. The molecular weight excluding hydrogens is 268 g/mol. The lowest BCUT2D eigenvalue weighted by atomic mass is 10.2. The van der Waals surface area contributed by atoms with Crippen molar-refractivity contribution in [2.75, 3.05) is 18.5 Å². The molecule has 1 unspecified atom stereocenters. The first-order chi connectivity index (χ1) is 8.81. The number of fused-ring (bicyclic) bond motifs is 1. The molecule has 0 amide bonds. The van der Waals surface area contributed by atoms with Gasteiger partial charge >= 0.3 is 0 Å². The van der Waals surface area contributed by atoms with E-state index < -0.39 is 0 Å². The highest BCUT2D eigenvalue weighted by Crippen LogP contribution is 2.28. The average molecular weight is 283 g/mol. The highest BCUT2D eigenvalue weighted by molar-refractivity contribution is 7.22. The van der Waals surface area contributed by atoms with Crippen LogP contribution in [0, 0.1) is 0 Å². The van der Waals surface area contributed by atoms with Crippen LogP contribution in [0.4, 0.5) is 5.13 Å². The fourth-order valence-electron chi connectivity index (χ4n) is 2.19. The molecule has 1 saturated heterocycles. The third-order valence-electron chi connectivity index (χ3n) is 3.12. The maximum absolute atomic E-state index is 5.96. The third kappa shape index (κ3) is 2.76. The Hall–Kier alpha value is -0.840. The lowest BCUT2D eigenvalue weighted by Gasteiger charge is -2.08. The second kappa shape index (κ2) is 5.43. The number of hydrogen-bond acceptors (Lipinski definition) is 4. The summed E-state index contributed by atoms with van der Waals surface area (Å²) in [6.45, 7) is 1.84. The van der Waals surface area contributed by atoms with Crippen molar-refractivity contribution in [2.24, 2.45) is 0 Å². The van der Waals surface area contributed by atoms with E-state index in [0.717, 1.165) is 39.9 Å². The van der Waals surface area contributed by atoms with E-state index in [-0.39, 0.29) is 0 Å². The van der Waals surface area contributed by atoms with Crippen molar-refractivity contribution in [1.82, 2.24) is 4.98 Å². The Morgan fingerprint density at radius 3 is 3.28 bits per heavy atom. The molecule has 2 heterocycles. The van der Waals surface area contributed by atoms with Gasteiger partial charge in [-0.25, -0.2) is 4.98 Å². The van der Waals surface area contributed by atoms with Crippen molar-refractivity contribution in [3.8, 4) is 0 Å². The number of benzene rings is 1. The van der Waals surface area contributed by atoms with Gasteiger partial charge in [-0.2, -0.15) is 0 Å². The monoisotopic (exact) mass is 282 g/mol. The van der Waals surface area contributed by atoms with Gasteiger partial charge in [0.25, 0.3) is 0 Å². The molecule has 18 heavy (non-hydrogen) atoms. The zero-order chi connectivity index (χ0) is 12.4. The fraction of sp³-hybridized carbons (Fsp3) is 0.462. The molecule has 0 aliphatic carbocycles. The minimum atomic E-state index is 0.432. The molecule has 1 aliphatic rings. The molecule has 0 radical (unpaired) electrons. The topological polar surface area (TPSA) is 34.2 Å². The fourth-order valence-corrected chi connectivity index (χ4v) is 3.35. The van der Waals surface area contributed by atoms with Crippen LogP contribution in [-0.2, 0) is 4.74 Å². The maximum atomic E-state index is 5.96. The van der Waals surface area contributed by atoms with E-state index in [4.69, 9.17) is 16.3 Å². The van der Waals surface area contributed by atoms with Crippen LogP contribution in [0.3, 0.4) is 0 Å². The molecule has 1 atom stereocenters. The molecule has 1 aliphatic heterocycles. The SMILES string of the molecule is Clc1ccc2nc(NCCC3CCCO3)sc2c1. The number of halogens is 1. The van der Waals surface area contributed by atoms with Gasteiger partial charge in [0.1, 0.15) is 0 Å². The normalized spacial score (nSPS) is 19.5. The number of rotatable bonds is 4. The first-order valence-corrected chi connectivity index (χ1v) is 7.42. The zero-order valence-electron chi connectivity index (χ0n) is 9.99. The molecule has 2 aromatic rings.